The summed E-state index contributed by atoms with van der Waals surface area (Å²) in [6, 6.07) is 16.8. The second kappa shape index (κ2) is 11.6. The number of carbonyl (C=O) groups excluding carboxylic acids is 1. The van der Waals surface area contributed by atoms with Crippen LogP contribution in [0.1, 0.15) is 72.5 Å². The first-order chi connectivity index (χ1) is 15.7. The molecular weight excluding hydrogens is 394 g/mol. The minimum atomic E-state index is 0.00117. The summed E-state index contributed by atoms with van der Waals surface area (Å²) in [4.78, 5) is 17.8. The van der Waals surface area contributed by atoms with Gasteiger partial charge in [-0.05, 0) is 86.6 Å². The lowest BCUT2D eigenvalue weighted by Gasteiger charge is -2.30. The molecule has 2 aliphatic rings. The number of amides is 1. The van der Waals surface area contributed by atoms with Gasteiger partial charge in [-0.15, -0.1) is 0 Å². The van der Waals surface area contributed by atoms with Gasteiger partial charge in [0.15, 0.2) is 0 Å². The molecule has 1 amide bonds. The van der Waals surface area contributed by atoms with Crippen molar-refractivity contribution in [2.75, 3.05) is 26.2 Å². The van der Waals surface area contributed by atoms with Crippen LogP contribution in [-0.2, 0) is 19.6 Å². The fourth-order valence-electron chi connectivity index (χ4n) is 4.91. The Kier molecular flexibility index (Phi) is 8.36. The van der Waals surface area contributed by atoms with E-state index in [9.17, 15) is 4.79 Å². The van der Waals surface area contributed by atoms with E-state index in [-0.39, 0.29) is 5.91 Å². The predicted molar refractivity (Wildman–Crippen MR) is 131 cm³/mol. The van der Waals surface area contributed by atoms with Gasteiger partial charge in [-0.3, -0.25) is 14.6 Å². The second-order valence-corrected chi connectivity index (χ2v) is 9.85. The topological polar surface area (TPSA) is 35.6 Å². The largest absolute Gasteiger partial charge is 0.348 e. The molecular formula is C28H39N3O. The summed E-state index contributed by atoms with van der Waals surface area (Å²) in [6.07, 6.45) is 7.93. The van der Waals surface area contributed by atoms with Crippen LogP contribution in [0.5, 0.6) is 0 Å². The lowest BCUT2D eigenvalue weighted by molar-refractivity contribution is 0.0951. The summed E-state index contributed by atoms with van der Waals surface area (Å²) in [6.45, 7) is 9.68. The Morgan fingerprint density at radius 2 is 1.44 bits per heavy atom. The number of benzene rings is 2. The zero-order valence-electron chi connectivity index (χ0n) is 19.7. The molecule has 0 unspecified atom stereocenters. The third kappa shape index (κ3) is 6.91. The van der Waals surface area contributed by atoms with Gasteiger partial charge in [-0.25, -0.2) is 0 Å². The molecule has 2 aromatic carbocycles. The van der Waals surface area contributed by atoms with Crippen LogP contribution in [0, 0.1) is 5.92 Å². The summed E-state index contributed by atoms with van der Waals surface area (Å²) in [5.74, 6) is 0.855. The van der Waals surface area contributed by atoms with Crippen molar-refractivity contribution in [2.45, 2.75) is 65.1 Å². The van der Waals surface area contributed by atoms with Crippen LogP contribution in [0.3, 0.4) is 0 Å². The van der Waals surface area contributed by atoms with E-state index in [0.29, 0.717) is 6.54 Å². The molecule has 0 spiro atoms. The van der Waals surface area contributed by atoms with Crippen molar-refractivity contribution in [3.63, 3.8) is 0 Å². The van der Waals surface area contributed by atoms with E-state index in [1.165, 1.54) is 81.4 Å². The van der Waals surface area contributed by atoms with E-state index in [1.54, 1.807) is 0 Å². The van der Waals surface area contributed by atoms with Crippen molar-refractivity contribution in [1.29, 1.82) is 0 Å². The van der Waals surface area contributed by atoms with E-state index in [1.807, 2.05) is 12.1 Å². The zero-order valence-corrected chi connectivity index (χ0v) is 19.7. The van der Waals surface area contributed by atoms with Gasteiger partial charge in [-0.2, -0.15) is 0 Å². The van der Waals surface area contributed by atoms with Crippen molar-refractivity contribution < 1.29 is 4.79 Å². The summed E-state index contributed by atoms with van der Waals surface area (Å²) >= 11 is 0. The summed E-state index contributed by atoms with van der Waals surface area (Å²) in [7, 11) is 0. The third-order valence-corrected chi connectivity index (χ3v) is 7.05. The molecule has 0 atom stereocenters. The number of piperidine rings is 1. The van der Waals surface area contributed by atoms with E-state index in [0.717, 1.165) is 24.6 Å². The van der Waals surface area contributed by atoms with E-state index in [4.69, 9.17) is 0 Å². The summed E-state index contributed by atoms with van der Waals surface area (Å²) in [5.41, 5.74) is 4.54. The third-order valence-electron chi connectivity index (χ3n) is 7.05. The maximum Gasteiger partial charge on any atom is 0.251 e. The minimum absolute atomic E-state index is 0.00117. The molecule has 4 rings (SSSR count). The minimum Gasteiger partial charge on any atom is -0.348 e. The smallest absolute Gasteiger partial charge is 0.251 e. The van der Waals surface area contributed by atoms with E-state index >= 15 is 0 Å². The maximum absolute atomic E-state index is 12.7. The number of nitrogens with one attached hydrogen (secondary N) is 1. The summed E-state index contributed by atoms with van der Waals surface area (Å²) < 4.78 is 0. The van der Waals surface area contributed by atoms with Crippen molar-refractivity contribution in [3.05, 3.63) is 70.8 Å². The number of nitrogens with zero attached hydrogens (tertiary/aromatic N) is 2. The standard InChI is InChI=1S/C28H39N3O/c1-23-13-17-31(18-14-23)21-24-9-11-27(12-10-24)28(32)29-20-25-7-6-8-26(19-25)22-30-15-4-2-3-5-16-30/h6-12,19,23H,2-5,13-18,20-22H2,1H3,(H,29,32). The maximum atomic E-state index is 12.7. The quantitative estimate of drug-likeness (QED) is 0.650. The molecule has 4 nitrogen and oxygen atoms in total. The first-order valence-electron chi connectivity index (χ1n) is 12.6. The molecule has 32 heavy (non-hydrogen) atoms. The molecule has 0 radical (unpaired) electrons. The molecule has 0 aromatic heterocycles. The van der Waals surface area contributed by atoms with Gasteiger partial charge in [0, 0.05) is 25.2 Å². The van der Waals surface area contributed by atoms with Gasteiger partial charge in [0.05, 0.1) is 0 Å². The van der Waals surface area contributed by atoms with Crippen molar-refractivity contribution in [1.82, 2.24) is 15.1 Å². The highest BCUT2D eigenvalue weighted by molar-refractivity contribution is 5.94. The molecule has 2 aliphatic heterocycles. The Bertz CT molecular complexity index is 847. The average molecular weight is 434 g/mol. The molecule has 172 valence electrons. The van der Waals surface area contributed by atoms with Crippen molar-refractivity contribution in [2.24, 2.45) is 5.92 Å². The number of hydrogen-bond donors (Lipinski definition) is 1. The van der Waals surface area contributed by atoms with Crippen LogP contribution in [-0.4, -0.2) is 41.9 Å². The SMILES string of the molecule is CC1CCN(Cc2ccc(C(=O)NCc3cccc(CN4CCCCCC4)c3)cc2)CC1. The first-order valence-corrected chi connectivity index (χ1v) is 12.6. The number of carbonyl (C=O) groups is 1. The molecule has 2 fully saturated rings. The Morgan fingerprint density at radius 3 is 2.16 bits per heavy atom. The Labute approximate surface area is 194 Å². The second-order valence-electron chi connectivity index (χ2n) is 9.85. The zero-order chi connectivity index (χ0) is 22.2. The van der Waals surface area contributed by atoms with Crippen LogP contribution in [0.4, 0.5) is 0 Å². The van der Waals surface area contributed by atoms with Crippen LogP contribution in [0.15, 0.2) is 48.5 Å². The molecule has 0 bridgehead atoms. The molecule has 2 saturated heterocycles. The normalized spacial score (nSPS) is 18.9. The molecule has 4 heteroatoms. The highest BCUT2D eigenvalue weighted by Gasteiger charge is 2.16. The van der Waals surface area contributed by atoms with Gasteiger partial charge in [0.25, 0.3) is 5.91 Å². The lowest BCUT2D eigenvalue weighted by Crippen LogP contribution is -2.32. The average Bonchev–Trinajstić information content (AvgIpc) is 3.08. The summed E-state index contributed by atoms with van der Waals surface area (Å²) in [5, 5.41) is 3.10. The van der Waals surface area contributed by atoms with Gasteiger partial charge in [-0.1, -0.05) is 56.2 Å². The van der Waals surface area contributed by atoms with Gasteiger partial charge in [0.2, 0.25) is 0 Å². The first kappa shape index (κ1) is 23.0. The van der Waals surface area contributed by atoms with E-state index < -0.39 is 0 Å². The van der Waals surface area contributed by atoms with Crippen LogP contribution < -0.4 is 5.32 Å². The highest BCUT2D eigenvalue weighted by atomic mass is 16.1. The Morgan fingerprint density at radius 1 is 0.812 bits per heavy atom. The fourth-order valence-corrected chi connectivity index (χ4v) is 4.91. The molecule has 2 aromatic rings. The lowest BCUT2D eigenvalue weighted by atomic mass is 9.99. The van der Waals surface area contributed by atoms with Gasteiger partial charge < -0.3 is 5.32 Å². The Balaban J connectivity index is 1.26. The number of likely N-dealkylation sites (tertiary alicyclic amines) is 2. The monoisotopic (exact) mass is 433 g/mol. The molecule has 0 aliphatic carbocycles. The fraction of sp³-hybridized carbons (Fsp3) is 0.536. The van der Waals surface area contributed by atoms with Crippen LogP contribution in [0.2, 0.25) is 0 Å². The van der Waals surface area contributed by atoms with Crippen LogP contribution >= 0.6 is 0 Å². The molecule has 2 heterocycles. The van der Waals surface area contributed by atoms with E-state index in [2.05, 4.69) is 58.4 Å². The Hall–Kier alpha value is -2.17. The molecule has 0 saturated carbocycles. The highest BCUT2D eigenvalue weighted by Crippen LogP contribution is 2.18. The number of rotatable bonds is 7. The van der Waals surface area contributed by atoms with Crippen molar-refractivity contribution >= 4 is 5.91 Å². The molecule has 1 N–H and O–H groups in total. The van der Waals surface area contributed by atoms with Gasteiger partial charge in [0.1, 0.15) is 0 Å². The van der Waals surface area contributed by atoms with Gasteiger partial charge >= 0.3 is 0 Å². The van der Waals surface area contributed by atoms with Crippen LogP contribution in [0.25, 0.3) is 0 Å². The predicted octanol–water partition coefficient (Wildman–Crippen LogP) is 5.22. The van der Waals surface area contributed by atoms with Crippen molar-refractivity contribution in [3.8, 4) is 0 Å². The number of hydrogen-bond acceptors (Lipinski definition) is 3.